The molecule has 140 valence electrons. The summed E-state index contributed by atoms with van der Waals surface area (Å²) < 4.78 is 12.8. The lowest BCUT2D eigenvalue weighted by Crippen LogP contribution is -2.39. The first kappa shape index (κ1) is 19.2. The first-order valence-electron chi connectivity index (χ1n) is 9.28. The Labute approximate surface area is 162 Å². The molecule has 0 atom stereocenters. The lowest BCUT2D eigenvalue weighted by Gasteiger charge is -2.35. The number of hydrogen-bond donors (Lipinski definition) is 0. The highest BCUT2D eigenvalue weighted by atomic mass is 16.5. The summed E-state index contributed by atoms with van der Waals surface area (Å²) in [7, 11) is 4.10. The van der Waals surface area contributed by atoms with Crippen molar-refractivity contribution in [1.29, 1.82) is 0 Å². The Morgan fingerprint density at radius 3 is 1.67 bits per heavy atom. The van der Waals surface area contributed by atoms with Gasteiger partial charge in [-0.15, -0.1) is 0 Å². The molecule has 0 aromatic heterocycles. The maximum absolute atomic E-state index is 6.57. The molecule has 3 aromatic carbocycles. The van der Waals surface area contributed by atoms with Crippen LogP contribution in [0.4, 0.5) is 0 Å². The van der Waals surface area contributed by atoms with Crippen LogP contribution in [0.5, 0.6) is 5.75 Å². The number of benzene rings is 3. The second-order valence-corrected chi connectivity index (χ2v) is 6.81. The second kappa shape index (κ2) is 9.36. The summed E-state index contributed by atoms with van der Waals surface area (Å²) in [5, 5.41) is 0. The van der Waals surface area contributed by atoms with Gasteiger partial charge in [0.1, 0.15) is 12.4 Å². The molecule has 0 bridgehead atoms. The summed E-state index contributed by atoms with van der Waals surface area (Å²) >= 11 is 0. The molecule has 0 amide bonds. The van der Waals surface area contributed by atoms with Crippen LogP contribution in [0.3, 0.4) is 0 Å². The third-order valence-corrected chi connectivity index (χ3v) is 4.55. The molecule has 0 fully saturated rings. The van der Waals surface area contributed by atoms with Crippen molar-refractivity contribution in [1.82, 2.24) is 4.90 Å². The molecule has 0 saturated heterocycles. The van der Waals surface area contributed by atoms with E-state index in [0.717, 1.165) is 23.4 Å². The molecule has 0 aliphatic carbocycles. The van der Waals surface area contributed by atoms with Crippen LogP contribution in [-0.4, -0.2) is 38.8 Å². The largest absolute Gasteiger partial charge is 0.490 e. The maximum atomic E-state index is 6.57. The van der Waals surface area contributed by atoms with Gasteiger partial charge in [-0.1, -0.05) is 78.9 Å². The third kappa shape index (κ3) is 4.97. The molecule has 0 aliphatic heterocycles. The van der Waals surface area contributed by atoms with Gasteiger partial charge in [-0.3, -0.25) is 0 Å². The van der Waals surface area contributed by atoms with Gasteiger partial charge in [-0.25, -0.2) is 0 Å². The molecule has 3 heteroatoms. The molecule has 0 unspecified atom stereocenters. The van der Waals surface area contributed by atoms with Crippen LogP contribution in [-0.2, 0) is 10.3 Å². The van der Waals surface area contributed by atoms with E-state index in [2.05, 4.69) is 43.3 Å². The molecule has 0 spiro atoms. The summed E-state index contributed by atoms with van der Waals surface area (Å²) in [4.78, 5) is 2.12. The zero-order chi connectivity index (χ0) is 19.0. The van der Waals surface area contributed by atoms with E-state index in [9.17, 15) is 0 Å². The zero-order valence-corrected chi connectivity index (χ0v) is 16.0. The highest BCUT2D eigenvalue weighted by Crippen LogP contribution is 2.34. The molecule has 3 aromatic rings. The fourth-order valence-electron chi connectivity index (χ4n) is 3.06. The Kier molecular flexibility index (Phi) is 6.64. The minimum absolute atomic E-state index is 0.401. The normalized spacial score (nSPS) is 11.5. The molecule has 0 saturated carbocycles. The van der Waals surface area contributed by atoms with Gasteiger partial charge >= 0.3 is 0 Å². The van der Waals surface area contributed by atoms with Crippen molar-refractivity contribution in [3.8, 4) is 5.75 Å². The molecule has 0 heterocycles. The summed E-state index contributed by atoms with van der Waals surface area (Å²) in [6, 6.07) is 30.6. The molecule has 27 heavy (non-hydrogen) atoms. The lowest BCUT2D eigenvalue weighted by atomic mass is 9.86. The Morgan fingerprint density at radius 1 is 0.704 bits per heavy atom. The Bertz CT molecular complexity index is 749. The van der Waals surface area contributed by atoms with E-state index < -0.39 is 5.60 Å². The second-order valence-electron chi connectivity index (χ2n) is 6.81. The maximum Gasteiger partial charge on any atom is 0.152 e. The molecular weight excluding hydrogens is 334 g/mol. The Morgan fingerprint density at radius 2 is 1.19 bits per heavy atom. The van der Waals surface area contributed by atoms with E-state index in [-0.39, 0.29) is 0 Å². The fraction of sp³-hybridized carbons (Fsp3) is 0.250. The number of nitrogens with zero attached hydrogens (tertiary/aromatic N) is 1. The standard InChI is InChI=1S/C24H27NO2/c1-25(2)18-19-27-24(21-12-6-3-7-13-21,22-14-8-4-9-15-22)20-26-23-16-10-5-11-17-23/h3-17H,18-20H2,1-2H3. The van der Waals surface area contributed by atoms with E-state index in [1.165, 1.54) is 0 Å². The molecule has 0 radical (unpaired) electrons. The predicted molar refractivity (Wildman–Crippen MR) is 110 cm³/mol. The van der Waals surface area contributed by atoms with E-state index in [4.69, 9.17) is 9.47 Å². The average Bonchev–Trinajstić information content (AvgIpc) is 2.72. The Balaban J connectivity index is 1.98. The summed E-state index contributed by atoms with van der Waals surface area (Å²) in [5.41, 5.74) is 1.51. The smallest absolute Gasteiger partial charge is 0.152 e. The summed E-state index contributed by atoms with van der Waals surface area (Å²) in [5.74, 6) is 0.838. The van der Waals surface area contributed by atoms with Gasteiger partial charge in [0.15, 0.2) is 5.60 Å². The number of rotatable bonds is 9. The van der Waals surface area contributed by atoms with E-state index in [0.29, 0.717) is 13.2 Å². The number of para-hydroxylation sites is 1. The van der Waals surface area contributed by atoms with Gasteiger partial charge in [0.2, 0.25) is 0 Å². The van der Waals surface area contributed by atoms with E-state index in [1.54, 1.807) is 0 Å². The summed E-state index contributed by atoms with van der Waals surface area (Å²) in [6.07, 6.45) is 0. The number of likely N-dealkylation sites (N-methyl/N-ethyl adjacent to an activating group) is 1. The molecule has 3 nitrogen and oxygen atoms in total. The highest BCUT2D eigenvalue weighted by Gasteiger charge is 2.36. The van der Waals surface area contributed by atoms with Crippen molar-refractivity contribution >= 4 is 0 Å². The van der Waals surface area contributed by atoms with Crippen LogP contribution in [0.25, 0.3) is 0 Å². The van der Waals surface area contributed by atoms with Gasteiger partial charge < -0.3 is 14.4 Å². The zero-order valence-electron chi connectivity index (χ0n) is 16.0. The van der Waals surface area contributed by atoms with Crippen LogP contribution in [0.1, 0.15) is 11.1 Å². The number of ether oxygens (including phenoxy) is 2. The van der Waals surface area contributed by atoms with E-state index in [1.807, 2.05) is 66.7 Å². The molecule has 3 rings (SSSR count). The fourth-order valence-corrected chi connectivity index (χ4v) is 3.06. The minimum Gasteiger partial charge on any atom is -0.490 e. The van der Waals surface area contributed by atoms with Gasteiger partial charge in [-0.05, 0) is 37.4 Å². The van der Waals surface area contributed by atoms with Crippen molar-refractivity contribution in [2.45, 2.75) is 5.60 Å². The van der Waals surface area contributed by atoms with Crippen molar-refractivity contribution in [3.05, 3.63) is 102 Å². The SMILES string of the molecule is CN(C)CCOC(COc1ccccc1)(c1ccccc1)c1ccccc1. The number of hydrogen-bond acceptors (Lipinski definition) is 3. The van der Waals surface area contributed by atoms with Crippen molar-refractivity contribution < 1.29 is 9.47 Å². The van der Waals surface area contributed by atoms with Crippen molar-refractivity contribution in [2.24, 2.45) is 0 Å². The summed E-state index contributed by atoms with van der Waals surface area (Å²) in [6.45, 7) is 1.85. The van der Waals surface area contributed by atoms with Crippen molar-refractivity contribution in [3.63, 3.8) is 0 Å². The van der Waals surface area contributed by atoms with Crippen molar-refractivity contribution in [2.75, 3.05) is 33.9 Å². The molecular formula is C24H27NO2. The lowest BCUT2D eigenvalue weighted by molar-refractivity contribution is -0.0525. The first-order chi connectivity index (χ1) is 13.2. The van der Waals surface area contributed by atoms with Crippen LogP contribution < -0.4 is 4.74 Å². The first-order valence-corrected chi connectivity index (χ1v) is 9.28. The van der Waals surface area contributed by atoms with Gasteiger partial charge in [0.25, 0.3) is 0 Å². The third-order valence-electron chi connectivity index (χ3n) is 4.55. The highest BCUT2D eigenvalue weighted by molar-refractivity contribution is 5.37. The van der Waals surface area contributed by atoms with E-state index >= 15 is 0 Å². The molecule has 0 aliphatic rings. The minimum atomic E-state index is -0.672. The van der Waals surface area contributed by atoms with Gasteiger partial charge in [0.05, 0.1) is 6.61 Å². The average molecular weight is 361 g/mol. The quantitative estimate of drug-likeness (QED) is 0.556. The predicted octanol–water partition coefficient (Wildman–Crippen LogP) is 4.59. The van der Waals surface area contributed by atoms with Crippen LogP contribution in [0.2, 0.25) is 0 Å². The van der Waals surface area contributed by atoms with Gasteiger partial charge in [-0.2, -0.15) is 0 Å². The monoisotopic (exact) mass is 361 g/mol. The van der Waals surface area contributed by atoms with Crippen LogP contribution >= 0.6 is 0 Å². The molecule has 0 N–H and O–H groups in total. The topological polar surface area (TPSA) is 21.7 Å². The Hall–Kier alpha value is -2.62. The van der Waals surface area contributed by atoms with Crippen LogP contribution in [0, 0.1) is 0 Å². The van der Waals surface area contributed by atoms with Crippen LogP contribution in [0.15, 0.2) is 91.0 Å². The van der Waals surface area contributed by atoms with Gasteiger partial charge in [0, 0.05) is 6.54 Å².